The van der Waals surface area contributed by atoms with Crippen LogP contribution < -0.4 is 0 Å². The molecule has 5 nitrogen and oxygen atoms in total. The Kier molecular flexibility index (Phi) is 7.64. The zero-order valence-electron chi connectivity index (χ0n) is 31.7. The van der Waals surface area contributed by atoms with Crippen LogP contribution in [-0.4, -0.2) is 23.9 Å². The molecular formula is C53H33N5S. The summed E-state index contributed by atoms with van der Waals surface area (Å²) < 4.78 is 7.39. The summed E-state index contributed by atoms with van der Waals surface area (Å²) in [6, 6.07) is 68.6. The summed E-state index contributed by atoms with van der Waals surface area (Å²) in [5.74, 6) is 1.90. The largest absolute Gasteiger partial charge is 0.314 e. The zero-order valence-corrected chi connectivity index (χ0v) is 32.5. The van der Waals surface area contributed by atoms with Crippen molar-refractivity contribution in [2.45, 2.75) is 0 Å². The molecule has 7 aromatic carbocycles. The third-order valence-corrected chi connectivity index (χ3v) is 12.6. The molecular weight excluding hydrogens is 739 g/mol. The molecule has 0 spiro atoms. The van der Waals surface area contributed by atoms with E-state index in [9.17, 15) is 0 Å². The van der Waals surface area contributed by atoms with Crippen LogP contribution in [0.3, 0.4) is 0 Å². The van der Waals surface area contributed by atoms with Crippen molar-refractivity contribution in [3.8, 4) is 62.2 Å². The van der Waals surface area contributed by atoms with E-state index in [1.54, 1.807) is 0 Å². The maximum absolute atomic E-state index is 5.09. The normalized spacial score (nSPS) is 11.7. The van der Waals surface area contributed by atoms with Crippen LogP contribution in [0.5, 0.6) is 0 Å². The standard InChI is InChI=1S/C53H33N5S/c1-4-16-34(17-5-1)48-47-43-33-37(40-25-15-26-42-41-24-10-11-28-46(41)59-50(40)42)29-30-44(43)58(49(47)45-27-12-13-31-57(45)48)39-23-14-22-38(32-39)53-55-51(35-18-6-2-7-19-35)54-52(56-53)36-20-8-3-9-21-36/h1-33H. The van der Waals surface area contributed by atoms with E-state index in [1.165, 1.54) is 53.3 Å². The van der Waals surface area contributed by atoms with E-state index in [0.717, 1.165) is 38.9 Å². The second-order valence-corrected chi connectivity index (χ2v) is 15.9. The van der Waals surface area contributed by atoms with Gasteiger partial charge in [0.05, 0.1) is 22.2 Å². The second kappa shape index (κ2) is 13.5. The summed E-state index contributed by atoms with van der Waals surface area (Å²) in [7, 11) is 0. The number of pyridine rings is 1. The summed E-state index contributed by atoms with van der Waals surface area (Å²) in [4.78, 5) is 15.1. The minimum Gasteiger partial charge on any atom is -0.314 e. The molecule has 5 heterocycles. The highest BCUT2D eigenvalue weighted by atomic mass is 32.1. The number of hydrogen-bond donors (Lipinski definition) is 0. The molecule has 0 unspecified atom stereocenters. The predicted octanol–water partition coefficient (Wildman–Crippen LogP) is 13.9. The molecule has 0 aliphatic heterocycles. The Morgan fingerprint density at radius 2 is 1.02 bits per heavy atom. The topological polar surface area (TPSA) is 48.0 Å². The van der Waals surface area contributed by atoms with Gasteiger partial charge < -0.3 is 8.97 Å². The SMILES string of the molecule is c1ccc(-c2nc(-c3ccccc3)nc(-c3cccc(-n4c5ccc(-c6cccc7c6sc6ccccc67)cc5c5c(-c6ccccc6)n6ccccc6c54)c3)n2)cc1. The molecule has 0 atom stereocenters. The first-order chi connectivity index (χ1) is 29.3. The molecule has 59 heavy (non-hydrogen) atoms. The second-order valence-electron chi connectivity index (χ2n) is 14.8. The highest BCUT2D eigenvalue weighted by Crippen LogP contribution is 2.46. The molecule has 12 aromatic rings. The van der Waals surface area contributed by atoms with Gasteiger partial charge in [-0.2, -0.15) is 0 Å². The molecule has 0 radical (unpaired) electrons. The first kappa shape index (κ1) is 33.5. The van der Waals surface area contributed by atoms with Gasteiger partial charge in [-0.05, 0) is 59.2 Å². The van der Waals surface area contributed by atoms with Gasteiger partial charge in [0, 0.05) is 59.5 Å². The summed E-state index contributed by atoms with van der Waals surface area (Å²) in [6.07, 6.45) is 2.19. The van der Waals surface area contributed by atoms with E-state index in [-0.39, 0.29) is 0 Å². The van der Waals surface area contributed by atoms with E-state index in [0.29, 0.717) is 17.5 Å². The lowest BCUT2D eigenvalue weighted by atomic mass is 10.00. The number of fused-ring (bicyclic) bond motifs is 8. The summed E-state index contributed by atoms with van der Waals surface area (Å²) >= 11 is 1.87. The summed E-state index contributed by atoms with van der Waals surface area (Å²) in [5.41, 5.74) is 12.0. The molecule has 0 aliphatic rings. The van der Waals surface area contributed by atoms with Crippen molar-refractivity contribution in [1.29, 1.82) is 0 Å². The zero-order chi connectivity index (χ0) is 38.9. The fourth-order valence-electron chi connectivity index (χ4n) is 8.74. The van der Waals surface area contributed by atoms with Crippen LogP contribution in [0, 0.1) is 0 Å². The number of thiophene rings is 1. The molecule has 0 bridgehead atoms. The Bertz CT molecular complexity index is 3490. The van der Waals surface area contributed by atoms with Crippen LogP contribution in [0.1, 0.15) is 0 Å². The van der Waals surface area contributed by atoms with E-state index < -0.39 is 0 Å². The molecule has 6 heteroatoms. The molecule has 276 valence electrons. The minimum absolute atomic E-state index is 0.623. The van der Waals surface area contributed by atoms with E-state index in [2.05, 4.69) is 149 Å². The van der Waals surface area contributed by atoms with E-state index >= 15 is 0 Å². The monoisotopic (exact) mass is 771 g/mol. The van der Waals surface area contributed by atoms with Crippen molar-refractivity contribution >= 4 is 58.8 Å². The van der Waals surface area contributed by atoms with Gasteiger partial charge in [0.1, 0.15) is 0 Å². The maximum atomic E-state index is 5.09. The van der Waals surface area contributed by atoms with Crippen LogP contribution >= 0.6 is 11.3 Å². The molecule has 12 rings (SSSR count). The number of nitrogens with zero attached hydrogens (tertiary/aromatic N) is 5. The van der Waals surface area contributed by atoms with Crippen molar-refractivity contribution in [2.24, 2.45) is 0 Å². The first-order valence-electron chi connectivity index (χ1n) is 19.8. The molecule has 0 amide bonds. The van der Waals surface area contributed by atoms with Crippen LogP contribution in [-0.2, 0) is 0 Å². The molecule has 0 aliphatic carbocycles. The van der Waals surface area contributed by atoms with E-state index in [4.69, 9.17) is 15.0 Å². The van der Waals surface area contributed by atoms with Crippen LogP contribution in [0.2, 0.25) is 0 Å². The van der Waals surface area contributed by atoms with Gasteiger partial charge in [-0.1, -0.05) is 152 Å². The Labute approximate surface area is 343 Å². The van der Waals surface area contributed by atoms with Crippen LogP contribution in [0.15, 0.2) is 200 Å². The Hall–Kier alpha value is -7.67. The molecule has 0 N–H and O–H groups in total. The van der Waals surface area contributed by atoms with Gasteiger partial charge in [-0.25, -0.2) is 15.0 Å². The average Bonchev–Trinajstić information content (AvgIpc) is 3.97. The number of rotatable bonds is 6. The fraction of sp³-hybridized carbons (Fsp3) is 0. The van der Waals surface area contributed by atoms with Gasteiger partial charge in [-0.3, -0.25) is 0 Å². The van der Waals surface area contributed by atoms with Gasteiger partial charge in [-0.15, -0.1) is 11.3 Å². The van der Waals surface area contributed by atoms with Crippen molar-refractivity contribution in [3.63, 3.8) is 0 Å². The lowest BCUT2D eigenvalue weighted by molar-refractivity contribution is 1.07. The molecule has 0 saturated heterocycles. The lowest BCUT2D eigenvalue weighted by Gasteiger charge is -2.12. The smallest absolute Gasteiger partial charge is 0.164 e. The highest BCUT2D eigenvalue weighted by molar-refractivity contribution is 7.26. The van der Waals surface area contributed by atoms with Crippen LogP contribution in [0.4, 0.5) is 0 Å². The van der Waals surface area contributed by atoms with Crippen molar-refractivity contribution in [3.05, 3.63) is 200 Å². The van der Waals surface area contributed by atoms with Gasteiger partial charge in [0.25, 0.3) is 0 Å². The van der Waals surface area contributed by atoms with Crippen molar-refractivity contribution in [2.75, 3.05) is 0 Å². The maximum Gasteiger partial charge on any atom is 0.164 e. The van der Waals surface area contributed by atoms with Crippen LogP contribution in [0.25, 0.3) is 110 Å². The minimum atomic E-state index is 0.623. The summed E-state index contributed by atoms with van der Waals surface area (Å²) in [6.45, 7) is 0. The number of aromatic nitrogens is 5. The third kappa shape index (κ3) is 5.42. The van der Waals surface area contributed by atoms with E-state index in [1.807, 2.05) is 72.0 Å². The average molecular weight is 772 g/mol. The van der Waals surface area contributed by atoms with Gasteiger partial charge >= 0.3 is 0 Å². The summed E-state index contributed by atoms with van der Waals surface area (Å²) in [5, 5.41) is 5.01. The van der Waals surface area contributed by atoms with Gasteiger partial charge in [0.15, 0.2) is 17.5 Å². The Balaban J connectivity index is 1.13. The molecule has 0 saturated carbocycles. The molecule has 5 aromatic heterocycles. The Morgan fingerprint density at radius 1 is 0.407 bits per heavy atom. The van der Waals surface area contributed by atoms with Gasteiger partial charge in [0.2, 0.25) is 0 Å². The van der Waals surface area contributed by atoms with Crippen molar-refractivity contribution in [1.82, 2.24) is 23.9 Å². The van der Waals surface area contributed by atoms with Crippen molar-refractivity contribution < 1.29 is 0 Å². The lowest BCUT2D eigenvalue weighted by Crippen LogP contribution is -2.01. The quantitative estimate of drug-likeness (QED) is 0.169. The number of benzene rings is 7. The first-order valence-corrected chi connectivity index (χ1v) is 20.6. The third-order valence-electron chi connectivity index (χ3n) is 11.4. The highest BCUT2D eigenvalue weighted by Gasteiger charge is 2.24. The fourth-order valence-corrected chi connectivity index (χ4v) is 9.97. The predicted molar refractivity (Wildman–Crippen MR) is 245 cm³/mol. The number of hydrogen-bond acceptors (Lipinski definition) is 4. The Morgan fingerprint density at radius 3 is 1.76 bits per heavy atom. The molecule has 0 fully saturated rings.